The summed E-state index contributed by atoms with van der Waals surface area (Å²) in [7, 11) is 0. The van der Waals surface area contributed by atoms with E-state index in [1.54, 1.807) is 0 Å². The summed E-state index contributed by atoms with van der Waals surface area (Å²) in [5, 5.41) is 8.59. The van der Waals surface area contributed by atoms with Crippen molar-refractivity contribution in [2.75, 3.05) is 6.61 Å². The second-order valence-corrected chi connectivity index (χ2v) is 5.26. The van der Waals surface area contributed by atoms with Crippen LogP contribution in [0.2, 0.25) is 0 Å². The molecule has 0 aliphatic heterocycles. The fraction of sp³-hybridized carbons (Fsp3) is 0.923. The minimum atomic E-state index is -0.716. The van der Waals surface area contributed by atoms with Gasteiger partial charge in [0.05, 0.1) is 6.10 Å². The molecule has 1 atom stereocenters. The van der Waals surface area contributed by atoms with E-state index in [1.807, 2.05) is 0 Å². The lowest BCUT2D eigenvalue weighted by Gasteiger charge is -2.20. The Kier molecular flexibility index (Phi) is 8.26. The van der Waals surface area contributed by atoms with E-state index in [0.717, 1.165) is 19.4 Å². The smallest absolute Gasteiger partial charge is 0.303 e. The normalized spacial score (nSPS) is 13.4. The van der Waals surface area contributed by atoms with Crippen LogP contribution in [0.5, 0.6) is 0 Å². The van der Waals surface area contributed by atoms with Gasteiger partial charge in [0, 0.05) is 13.0 Å². The standard InChI is InChI=1S/C13H26O3/c1-10(2)8-12(16-9-11(3)4)6-5-7-13(14)15/h10-12H,5-9H2,1-4H3,(H,14,15). The van der Waals surface area contributed by atoms with Crippen molar-refractivity contribution >= 4 is 5.97 Å². The zero-order valence-electron chi connectivity index (χ0n) is 11.0. The fourth-order valence-electron chi connectivity index (χ4n) is 1.60. The van der Waals surface area contributed by atoms with Crippen LogP contribution in [0.1, 0.15) is 53.4 Å². The Labute approximate surface area is 99.2 Å². The van der Waals surface area contributed by atoms with Crippen LogP contribution < -0.4 is 0 Å². The lowest BCUT2D eigenvalue weighted by atomic mass is 10.0. The van der Waals surface area contributed by atoms with E-state index in [0.29, 0.717) is 18.3 Å². The molecule has 0 aromatic heterocycles. The number of carboxylic acid groups (broad SMARTS) is 1. The van der Waals surface area contributed by atoms with E-state index in [9.17, 15) is 4.79 Å². The Bertz CT molecular complexity index is 188. The first-order valence-electron chi connectivity index (χ1n) is 6.25. The molecule has 96 valence electrons. The van der Waals surface area contributed by atoms with Gasteiger partial charge >= 0.3 is 5.97 Å². The molecular weight excluding hydrogens is 204 g/mol. The van der Waals surface area contributed by atoms with Crippen molar-refractivity contribution in [1.29, 1.82) is 0 Å². The summed E-state index contributed by atoms with van der Waals surface area (Å²) in [6.07, 6.45) is 3.07. The number of hydrogen-bond acceptors (Lipinski definition) is 2. The van der Waals surface area contributed by atoms with Crippen molar-refractivity contribution in [3.63, 3.8) is 0 Å². The van der Waals surface area contributed by atoms with Gasteiger partial charge in [0.15, 0.2) is 0 Å². The summed E-state index contributed by atoms with van der Waals surface area (Å²) in [5.74, 6) is 0.420. The molecule has 1 N–H and O–H groups in total. The molecule has 1 unspecified atom stereocenters. The van der Waals surface area contributed by atoms with Crippen molar-refractivity contribution in [1.82, 2.24) is 0 Å². The van der Waals surface area contributed by atoms with Crippen molar-refractivity contribution in [3.8, 4) is 0 Å². The van der Waals surface area contributed by atoms with Gasteiger partial charge in [0.1, 0.15) is 0 Å². The molecule has 0 aliphatic rings. The lowest BCUT2D eigenvalue weighted by molar-refractivity contribution is -0.137. The first-order valence-corrected chi connectivity index (χ1v) is 6.25. The monoisotopic (exact) mass is 230 g/mol. The molecule has 16 heavy (non-hydrogen) atoms. The average Bonchev–Trinajstić information content (AvgIpc) is 2.12. The van der Waals surface area contributed by atoms with Gasteiger partial charge in [-0.2, -0.15) is 0 Å². The van der Waals surface area contributed by atoms with Gasteiger partial charge in [-0.3, -0.25) is 4.79 Å². The molecular formula is C13H26O3. The van der Waals surface area contributed by atoms with Crippen molar-refractivity contribution in [2.45, 2.75) is 59.5 Å². The quantitative estimate of drug-likeness (QED) is 0.661. The van der Waals surface area contributed by atoms with Crippen LogP contribution in [0.25, 0.3) is 0 Å². The predicted molar refractivity (Wildman–Crippen MR) is 65.5 cm³/mol. The molecule has 0 aliphatic carbocycles. The van der Waals surface area contributed by atoms with Crippen molar-refractivity contribution in [3.05, 3.63) is 0 Å². The van der Waals surface area contributed by atoms with Gasteiger partial charge in [0.25, 0.3) is 0 Å². The summed E-state index contributed by atoms with van der Waals surface area (Å²) in [4.78, 5) is 10.4. The largest absolute Gasteiger partial charge is 0.481 e. The molecule has 0 aromatic rings. The second-order valence-electron chi connectivity index (χ2n) is 5.26. The van der Waals surface area contributed by atoms with Gasteiger partial charge in [-0.1, -0.05) is 27.7 Å². The molecule has 3 heteroatoms. The molecule has 0 amide bonds. The van der Waals surface area contributed by atoms with Gasteiger partial charge in [-0.05, 0) is 31.1 Å². The first kappa shape index (κ1) is 15.4. The average molecular weight is 230 g/mol. The summed E-state index contributed by atoms with van der Waals surface area (Å²) >= 11 is 0. The number of carbonyl (C=O) groups is 1. The summed E-state index contributed by atoms with van der Waals surface area (Å²) in [6.45, 7) is 9.36. The van der Waals surface area contributed by atoms with Gasteiger partial charge in [0.2, 0.25) is 0 Å². The minimum absolute atomic E-state index is 0.224. The third-order valence-corrected chi connectivity index (χ3v) is 2.32. The third-order valence-electron chi connectivity index (χ3n) is 2.32. The highest BCUT2D eigenvalue weighted by atomic mass is 16.5. The number of rotatable bonds is 9. The maximum atomic E-state index is 10.4. The molecule has 0 fully saturated rings. The van der Waals surface area contributed by atoms with Crippen molar-refractivity contribution < 1.29 is 14.6 Å². The van der Waals surface area contributed by atoms with Gasteiger partial charge in [-0.15, -0.1) is 0 Å². The van der Waals surface area contributed by atoms with E-state index >= 15 is 0 Å². The molecule has 0 aromatic carbocycles. The van der Waals surface area contributed by atoms with E-state index in [2.05, 4.69) is 27.7 Å². The van der Waals surface area contributed by atoms with Crippen LogP contribution in [0.15, 0.2) is 0 Å². The van der Waals surface area contributed by atoms with E-state index < -0.39 is 5.97 Å². The predicted octanol–water partition coefficient (Wildman–Crippen LogP) is 3.33. The summed E-state index contributed by atoms with van der Waals surface area (Å²) < 4.78 is 5.80. The molecule has 0 saturated carbocycles. The van der Waals surface area contributed by atoms with Crippen molar-refractivity contribution in [2.24, 2.45) is 11.8 Å². The number of ether oxygens (including phenoxy) is 1. The van der Waals surface area contributed by atoms with Gasteiger partial charge in [-0.25, -0.2) is 0 Å². The minimum Gasteiger partial charge on any atom is -0.481 e. The fourth-order valence-corrected chi connectivity index (χ4v) is 1.60. The maximum Gasteiger partial charge on any atom is 0.303 e. The molecule has 0 bridgehead atoms. The molecule has 0 rings (SSSR count). The number of carboxylic acids is 1. The van der Waals surface area contributed by atoms with Crippen LogP contribution in [-0.4, -0.2) is 23.8 Å². The van der Waals surface area contributed by atoms with E-state index in [-0.39, 0.29) is 12.5 Å². The molecule has 0 spiro atoms. The highest BCUT2D eigenvalue weighted by Crippen LogP contribution is 2.15. The Balaban J connectivity index is 3.85. The Hall–Kier alpha value is -0.570. The topological polar surface area (TPSA) is 46.5 Å². The van der Waals surface area contributed by atoms with Crippen LogP contribution in [0.4, 0.5) is 0 Å². The number of hydrogen-bond donors (Lipinski definition) is 1. The van der Waals surface area contributed by atoms with Crippen LogP contribution in [0, 0.1) is 11.8 Å². The van der Waals surface area contributed by atoms with Crippen LogP contribution in [-0.2, 0) is 9.53 Å². The molecule has 0 heterocycles. The van der Waals surface area contributed by atoms with E-state index in [1.165, 1.54) is 0 Å². The zero-order valence-corrected chi connectivity index (χ0v) is 11.0. The molecule has 3 nitrogen and oxygen atoms in total. The highest BCUT2D eigenvalue weighted by Gasteiger charge is 2.12. The second kappa shape index (κ2) is 8.57. The Morgan fingerprint density at radius 3 is 2.25 bits per heavy atom. The maximum absolute atomic E-state index is 10.4. The summed E-state index contributed by atoms with van der Waals surface area (Å²) in [5.41, 5.74) is 0. The lowest BCUT2D eigenvalue weighted by Crippen LogP contribution is -2.19. The molecule has 0 radical (unpaired) electrons. The van der Waals surface area contributed by atoms with Gasteiger partial charge < -0.3 is 9.84 Å². The van der Waals surface area contributed by atoms with Crippen LogP contribution in [0.3, 0.4) is 0 Å². The zero-order chi connectivity index (χ0) is 12.6. The first-order chi connectivity index (χ1) is 7.41. The van der Waals surface area contributed by atoms with E-state index in [4.69, 9.17) is 9.84 Å². The highest BCUT2D eigenvalue weighted by molar-refractivity contribution is 5.66. The Morgan fingerprint density at radius 2 is 1.81 bits per heavy atom. The molecule has 0 saturated heterocycles. The summed E-state index contributed by atoms with van der Waals surface area (Å²) in [6, 6.07) is 0. The third kappa shape index (κ3) is 9.97. The van der Waals surface area contributed by atoms with Crippen LogP contribution >= 0.6 is 0 Å². The Morgan fingerprint density at radius 1 is 1.19 bits per heavy atom. The number of aliphatic carboxylic acids is 1. The SMILES string of the molecule is CC(C)COC(CCCC(=O)O)CC(C)C.